The Kier molecular flexibility index (Phi) is 2.74. The lowest BCUT2D eigenvalue weighted by Gasteiger charge is -2.37. The largest absolute Gasteiger partial charge is 0.507 e. The van der Waals surface area contributed by atoms with Gasteiger partial charge in [-0.15, -0.1) is 0 Å². The van der Waals surface area contributed by atoms with Gasteiger partial charge in [0.05, 0.1) is 0 Å². The van der Waals surface area contributed by atoms with Crippen LogP contribution in [-0.2, 0) is 5.79 Å². The van der Waals surface area contributed by atoms with Crippen molar-refractivity contribution < 1.29 is 24.9 Å². The molecule has 3 N–H and O–H groups in total. The van der Waals surface area contributed by atoms with Crippen LogP contribution < -0.4 is 4.74 Å². The van der Waals surface area contributed by atoms with Crippen molar-refractivity contribution in [2.24, 2.45) is 0 Å². The predicted octanol–water partition coefficient (Wildman–Crippen LogP) is 1.17. The fraction of sp³-hybridized carbons (Fsp3) is 0.133. The Morgan fingerprint density at radius 3 is 2.45 bits per heavy atom. The van der Waals surface area contributed by atoms with E-state index in [0.29, 0.717) is 0 Å². The first kappa shape index (κ1) is 12.7. The highest BCUT2D eigenvalue weighted by Crippen LogP contribution is 2.41. The number of ketones is 1. The zero-order valence-corrected chi connectivity index (χ0v) is 10.4. The van der Waals surface area contributed by atoms with Gasteiger partial charge in [-0.2, -0.15) is 0 Å². The number of ether oxygens (including phenoxy) is 1. The second-order valence-electron chi connectivity index (χ2n) is 4.58. The minimum atomic E-state index is -2.17. The molecule has 0 saturated carbocycles. The normalized spacial score (nSPS) is 24.9. The van der Waals surface area contributed by atoms with E-state index in [9.17, 15) is 20.1 Å². The molecule has 2 aromatic rings. The topological polar surface area (TPSA) is 87.0 Å². The number of fused-ring (bicyclic) bond motifs is 1. The van der Waals surface area contributed by atoms with E-state index in [1.807, 2.05) is 0 Å². The van der Waals surface area contributed by atoms with Gasteiger partial charge in [0.1, 0.15) is 17.1 Å². The molecule has 0 amide bonds. The smallest absolute Gasteiger partial charge is 0.268 e. The molecule has 0 radical (unpaired) electrons. The van der Waals surface area contributed by atoms with Gasteiger partial charge in [-0.25, -0.2) is 0 Å². The van der Waals surface area contributed by atoms with E-state index in [1.165, 1.54) is 18.2 Å². The summed E-state index contributed by atoms with van der Waals surface area (Å²) in [6, 6.07) is 12.4. The third-order valence-electron chi connectivity index (χ3n) is 3.32. The summed E-state index contributed by atoms with van der Waals surface area (Å²) in [5.41, 5.74) is 0.135. The highest BCUT2D eigenvalue weighted by molar-refractivity contribution is 6.05. The first-order chi connectivity index (χ1) is 9.54. The number of aliphatic hydroxyl groups excluding tert-OH is 1. The maximum absolute atomic E-state index is 12.2. The number of aliphatic hydroxyl groups is 2. The van der Waals surface area contributed by atoms with Crippen molar-refractivity contribution in [2.75, 3.05) is 0 Å². The molecule has 102 valence electrons. The number of carbonyl (C=O) groups excluding carboxylic acids is 1. The first-order valence-corrected chi connectivity index (χ1v) is 6.05. The van der Waals surface area contributed by atoms with Crippen LogP contribution in [0.2, 0.25) is 0 Å². The summed E-state index contributed by atoms with van der Waals surface area (Å²) in [6.07, 6.45) is -1.81. The third kappa shape index (κ3) is 1.68. The Morgan fingerprint density at radius 1 is 1.05 bits per heavy atom. The van der Waals surface area contributed by atoms with E-state index in [2.05, 4.69) is 0 Å². The van der Waals surface area contributed by atoms with Crippen molar-refractivity contribution >= 4 is 5.78 Å². The SMILES string of the molecule is O=C1c2c(O)cccc2OC(O)(c2ccccc2)C1O. The van der Waals surface area contributed by atoms with E-state index in [0.717, 1.165) is 0 Å². The summed E-state index contributed by atoms with van der Waals surface area (Å²) < 4.78 is 5.39. The zero-order chi connectivity index (χ0) is 14.3. The molecule has 5 heteroatoms. The minimum absolute atomic E-state index is 0.0339. The number of hydrogen-bond acceptors (Lipinski definition) is 5. The molecule has 0 fully saturated rings. The lowest BCUT2D eigenvalue weighted by Crippen LogP contribution is -2.52. The van der Waals surface area contributed by atoms with Crippen LogP contribution >= 0.6 is 0 Å². The fourth-order valence-electron chi connectivity index (χ4n) is 2.28. The summed E-state index contributed by atoms with van der Waals surface area (Å²) in [4.78, 5) is 12.2. The molecule has 1 aliphatic rings. The molecule has 0 saturated heterocycles. The monoisotopic (exact) mass is 272 g/mol. The van der Waals surface area contributed by atoms with Crippen LogP contribution in [0.4, 0.5) is 0 Å². The molecule has 20 heavy (non-hydrogen) atoms. The van der Waals surface area contributed by atoms with Gasteiger partial charge in [0, 0.05) is 5.56 Å². The van der Waals surface area contributed by atoms with Gasteiger partial charge in [0.2, 0.25) is 5.78 Å². The summed E-state index contributed by atoms with van der Waals surface area (Å²) in [5.74, 6) is -3.21. The predicted molar refractivity (Wildman–Crippen MR) is 69.4 cm³/mol. The second kappa shape index (κ2) is 4.33. The van der Waals surface area contributed by atoms with E-state index in [-0.39, 0.29) is 22.6 Å². The number of phenols is 1. The van der Waals surface area contributed by atoms with Crippen LogP contribution in [0.25, 0.3) is 0 Å². The molecule has 0 aliphatic carbocycles. The van der Waals surface area contributed by atoms with Crippen LogP contribution in [0.5, 0.6) is 11.5 Å². The molecule has 0 spiro atoms. The van der Waals surface area contributed by atoms with Crippen molar-refractivity contribution in [3.63, 3.8) is 0 Å². The zero-order valence-electron chi connectivity index (χ0n) is 10.4. The summed E-state index contributed by atoms with van der Waals surface area (Å²) >= 11 is 0. The van der Waals surface area contributed by atoms with Gasteiger partial charge in [0.25, 0.3) is 5.79 Å². The van der Waals surface area contributed by atoms with Crippen molar-refractivity contribution in [3.8, 4) is 11.5 Å². The molecule has 1 heterocycles. The van der Waals surface area contributed by atoms with Crippen molar-refractivity contribution in [1.29, 1.82) is 0 Å². The standard InChI is InChI=1S/C15H12O5/c16-10-7-4-8-11-12(10)13(17)14(18)15(19,20-11)9-5-2-1-3-6-9/h1-8,14,16,18-19H. The quantitative estimate of drug-likeness (QED) is 0.725. The van der Waals surface area contributed by atoms with Gasteiger partial charge in [0.15, 0.2) is 6.10 Å². The fourth-order valence-corrected chi connectivity index (χ4v) is 2.28. The maximum atomic E-state index is 12.2. The summed E-state index contributed by atoms with van der Waals surface area (Å²) in [5, 5.41) is 30.3. The Bertz CT molecular complexity index is 667. The number of benzene rings is 2. The number of rotatable bonds is 1. The van der Waals surface area contributed by atoms with E-state index in [4.69, 9.17) is 4.74 Å². The Balaban J connectivity index is 2.16. The van der Waals surface area contributed by atoms with Gasteiger partial charge in [-0.3, -0.25) is 4.79 Å². The Hall–Kier alpha value is -2.37. The molecule has 2 atom stereocenters. The maximum Gasteiger partial charge on any atom is 0.268 e. The van der Waals surface area contributed by atoms with Crippen LogP contribution in [0.1, 0.15) is 15.9 Å². The molecule has 2 unspecified atom stereocenters. The number of Topliss-reactive ketones (excluding diaryl/α,β-unsaturated/α-hetero) is 1. The molecular weight excluding hydrogens is 260 g/mol. The van der Waals surface area contributed by atoms with Crippen LogP contribution in [-0.4, -0.2) is 27.2 Å². The van der Waals surface area contributed by atoms with Gasteiger partial charge >= 0.3 is 0 Å². The third-order valence-corrected chi connectivity index (χ3v) is 3.32. The highest BCUT2D eigenvalue weighted by atomic mass is 16.6. The second-order valence-corrected chi connectivity index (χ2v) is 4.58. The molecule has 2 aromatic carbocycles. The number of carbonyl (C=O) groups is 1. The van der Waals surface area contributed by atoms with E-state index >= 15 is 0 Å². The Labute approximate surface area is 114 Å². The van der Waals surface area contributed by atoms with Crippen LogP contribution in [0.3, 0.4) is 0 Å². The summed E-state index contributed by atoms with van der Waals surface area (Å²) in [7, 11) is 0. The average molecular weight is 272 g/mol. The molecule has 3 rings (SSSR count). The van der Waals surface area contributed by atoms with Gasteiger partial charge in [-0.05, 0) is 12.1 Å². The Morgan fingerprint density at radius 2 is 1.75 bits per heavy atom. The number of hydrogen-bond donors (Lipinski definition) is 3. The van der Waals surface area contributed by atoms with Crippen molar-refractivity contribution in [1.82, 2.24) is 0 Å². The van der Waals surface area contributed by atoms with Gasteiger partial charge < -0.3 is 20.1 Å². The minimum Gasteiger partial charge on any atom is -0.507 e. The molecule has 0 bridgehead atoms. The first-order valence-electron chi connectivity index (χ1n) is 6.05. The van der Waals surface area contributed by atoms with Crippen molar-refractivity contribution in [2.45, 2.75) is 11.9 Å². The van der Waals surface area contributed by atoms with Crippen molar-refractivity contribution in [3.05, 3.63) is 59.7 Å². The average Bonchev–Trinajstić information content (AvgIpc) is 2.46. The number of phenolic OH excluding ortho intramolecular Hbond substituents is 1. The van der Waals surface area contributed by atoms with E-state index < -0.39 is 17.7 Å². The lowest BCUT2D eigenvalue weighted by molar-refractivity contribution is -0.203. The van der Waals surface area contributed by atoms with E-state index in [1.54, 1.807) is 30.3 Å². The van der Waals surface area contributed by atoms with Crippen LogP contribution in [0.15, 0.2) is 48.5 Å². The van der Waals surface area contributed by atoms with Crippen LogP contribution in [0, 0.1) is 0 Å². The highest BCUT2D eigenvalue weighted by Gasteiger charge is 2.50. The molecule has 1 aliphatic heterocycles. The number of aromatic hydroxyl groups is 1. The molecule has 0 aromatic heterocycles. The van der Waals surface area contributed by atoms with Gasteiger partial charge in [-0.1, -0.05) is 36.4 Å². The summed E-state index contributed by atoms with van der Waals surface area (Å²) in [6.45, 7) is 0. The molecular formula is C15H12O5. The molecule has 5 nitrogen and oxygen atoms in total. The lowest BCUT2D eigenvalue weighted by atomic mass is 9.90.